The van der Waals surface area contributed by atoms with Crippen molar-refractivity contribution in [3.8, 4) is 0 Å². The van der Waals surface area contributed by atoms with E-state index >= 15 is 0 Å². The normalized spacial score (nSPS) is 18.8. The van der Waals surface area contributed by atoms with Crippen LogP contribution >= 0.6 is 11.6 Å². The van der Waals surface area contributed by atoms with Gasteiger partial charge in [0.15, 0.2) is 0 Å². The molecule has 0 radical (unpaired) electrons. The molecule has 1 aliphatic carbocycles. The summed E-state index contributed by atoms with van der Waals surface area (Å²) in [5.74, 6) is -0.261. The third-order valence-electron chi connectivity index (χ3n) is 3.86. The number of halogens is 2. The minimum atomic E-state index is -0.261. The highest BCUT2D eigenvalue weighted by Gasteiger charge is 2.25. The average Bonchev–Trinajstić information content (AvgIpc) is 2.28. The minimum Gasteiger partial charge on any atom is -0.312 e. The molecule has 0 aliphatic heterocycles. The van der Waals surface area contributed by atoms with Crippen molar-refractivity contribution in [2.45, 2.75) is 45.6 Å². The van der Waals surface area contributed by atoms with Gasteiger partial charge in [0.2, 0.25) is 0 Å². The summed E-state index contributed by atoms with van der Waals surface area (Å²) in [4.78, 5) is 0. The first-order chi connectivity index (χ1) is 8.57. The first kappa shape index (κ1) is 13.8. The molecule has 1 nitrogen and oxygen atoms in total. The van der Waals surface area contributed by atoms with Gasteiger partial charge < -0.3 is 5.32 Å². The predicted octanol–water partition coefficient (Wildman–Crippen LogP) is 4.54. The summed E-state index contributed by atoms with van der Waals surface area (Å²) in [6.07, 6.45) is 6.64. The van der Waals surface area contributed by atoms with Gasteiger partial charge in [-0.05, 0) is 42.0 Å². The Morgan fingerprint density at radius 3 is 2.61 bits per heavy atom. The fourth-order valence-electron chi connectivity index (χ4n) is 2.80. The van der Waals surface area contributed by atoms with Crippen LogP contribution in [-0.2, 0) is 6.54 Å². The van der Waals surface area contributed by atoms with Crippen molar-refractivity contribution in [3.63, 3.8) is 0 Å². The zero-order valence-corrected chi connectivity index (χ0v) is 11.7. The lowest BCUT2D eigenvalue weighted by Crippen LogP contribution is -2.33. The van der Waals surface area contributed by atoms with E-state index in [0.717, 1.165) is 12.1 Å². The van der Waals surface area contributed by atoms with Crippen LogP contribution in [0.3, 0.4) is 0 Å². The van der Waals surface area contributed by atoms with E-state index in [-0.39, 0.29) is 5.82 Å². The molecule has 0 spiro atoms. The van der Waals surface area contributed by atoms with Gasteiger partial charge >= 0.3 is 0 Å². The van der Waals surface area contributed by atoms with E-state index in [1.165, 1.54) is 38.2 Å². The van der Waals surface area contributed by atoms with Gasteiger partial charge in [-0.15, -0.1) is 0 Å². The summed E-state index contributed by atoms with van der Waals surface area (Å²) in [5, 5.41) is 3.91. The SMILES string of the molecule is CC1(CNCc2cc(F)cc(Cl)c2)CCCCC1. The van der Waals surface area contributed by atoms with Crippen LogP contribution < -0.4 is 5.32 Å². The zero-order chi connectivity index (χ0) is 13.0. The third-order valence-corrected chi connectivity index (χ3v) is 4.08. The topological polar surface area (TPSA) is 12.0 Å². The maximum absolute atomic E-state index is 13.2. The Hall–Kier alpha value is -0.600. The first-order valence-electron chi connectivity index (χ1n) is 6.73. The molecule has 1 fully saturated rings. The van der Waals surface area contributed by atoms with Gasteiger partial charge in [-0.1, -0.05) is 37.8 Å². The highest BCUT2D eigenvalue weighted by atomic mass is 35.5. The summed E-state index contributed by atoms with van der Waals surface area (Å²) >= 11 is 5.84. The van der Waals surface area contributed by atoms with E-state index < -0.39 is 0 Å². The molecule has 0 heterocycles. The van der Waals surface area contributed by atoms with Crippen LogP contribution in [0, 0.1) is 11.2 Å². The lowest BCUT2D eigenvalue weighted by Gasteiger charge is -2.33. The maximum atomic E-state index is 13.2. The Morgan fingerprint density at radius 2 is 1.94 bits per heavy atom. The quantitative estimate of drug-likeness (QED) is 0.846. The van der Waals surface area contributed by atoms with E-state index in [4.69, 9.17) is 11.6 Å². The monoisotopic (exact) mass is 269 g/mol. The second-order valence-electron chi connectivity index (χ2n) is 5.75. The van der Waals surface area contributed by atoms with E-state index in [1.54, 1.807) is 6.07 Å². The standard InChI is InChI=1S/C15H21ClFN/c1-15(5-3-2-4-6-15)11-18-10-12-7-13(16)9-14(17)8-12/h7-9,18H,2-6,10-11H2,1H3. The Morgan fingerprint density at radius 1 is 1.22 bits per heavy atom. The molecule has 0 amide bonds. The fourth-order valence-corrected chi connectivity index (χ4v) is 3.05. The van der Waals surface area contributed by atoms with Gasteiger partial charge in [-0.3, -0.25) is 0 Å². The summed E-state index contributed by atoms with van der Waals surface area (Å²) < 4.78 is 13.2. The zero-order valence-electron chi connectivity index (χ0n) is 10.9. The van der Waals surface area contributed by atoms with Crippen molar-refractivity contribution in [1.29, 1.82) is 0 Å². The third kappa shape index (κ3) is 3.96. The van der Waals surface area contributed by atoms with Crippen molar-refractivity contribution in [2.75, 3.05) is 6.54 Å². The molecule has 0 unspecified atom stereocenters. The number of hydrogen-bond donors (Lipinski definition) is 1. The Bertz CT molecular complexity index is 379. The van der Waals surface area contributed by atoms with Gasteiger partial charge in [0.1, 0.15) is 5.82 Å². The van der Waals surface area contributed by atoms with Gasteiger partial charge in [-0.25, -0.2) is 4.39 Å². The fraction of sp³-hybridized carbons (Fsp3) is 0.600. The molecule has 1 aliphatic rings. The van der Waals surface area contributed by atoms with Crippen LogP contribution in [-0.4, -0.2) is 6.54 Å². The van der Waals surface area contributed by atoms with Gasteiger partial charge in [0.25, 0.3) is 0 Å². The molecule has 2 rings (SSSR count). The van der Waals surface area contributed by atoms with Crippen molar-refractivity contribution in [3.05, 3.63) is 34.6 Å². The van der Waals surface area contributed by atoms with Crippen molar-refractivity contribution in [1.82, 2.24) is 5.32 Å². The van der Waals surface area contributed by atoms with Crippen LogP contribution in [0.5, 0.6) is 0 Å². The second-order valence-corrected chi connectivity index (χ2v) is 6.19. The highest BCUT2D eigenvalue weighted by Crippen LogP contribution is 2.34. The van der Waals surface area contributed by atoms with Crippen molar-refractivity contribution >= 4 is 11.6 Å². The molecule has 1 aromatic carbocycles. The molecule has 1 saturated carbocycles. The minimum absolute atomic E-state index is 0.261. The number of nitrogens with one attached hydrogen (secondary N) is 1. The van der Waals surface area contributed by atoms with Crippen molar-refractivity contribution < 1.29 is 4.39 Å². The van der Waals surface area contributed by atoms with Crippen LogP contribution in [0.4, 0.5) is 4.39 Å². The smallest absolute Gasteiger partial charge is 0.125 e. The molecule has 0 saturated heterocycles. The Kier molecular flexibility index (Phi) is 4.63. The summed E-state index contributed by atoms with van der Waals surface area (Å²) in [5.41, 5.74) is 1.33. The van der Waals surface area contributed by atoms with Crippen LogP contribution in [0.2, 0.25) is 5.02 Å². The van der Waals surface area contributed by atoms with E-state index in [0.29, 0.717) is 17.0 Å². The summed E-state index contributed by atoms with van der Waals surface area (Å²) in [6.45, 7) is 4.03. The average molecular weight is 270 g/mol. The largest absolute Gasteiger partial charge is 0.312 e. The van der Waals surface area contributed by atoms with Crippen molar-refractivity contribution in [2.24, 2.45) is 5.41 Å². The van der Waals surface area contributed by atoms with Gasteiger partial charge in [0.05, 0.1) is 0 Å². The maximum Gasteiger partial charge on any atom is 0.125 e. The van der Waals surface area contributed by atoms with Crippen LogP contribution in [0.1, 0.15) is 44.6 Å². The molecule has 0 bridgehead atoms. The number of hydrogen-bond acceptors (Lipinski definition) is 1. The van der Waals surface area contributed by atoms with Crippen LogP contribution in [0.15, 0.2) is 18.2 Å². The Balaban J connectivity index is 1.84. The van der Waals surface area contributed by atoms with E-state index in [9.17, 15) is 4.39 Å². The number of rotatable bonds is 4. The van der Waals surface area contributed by atoms with Gasteiger partial charge in [0, 0.05) is 18.1 Å². The molecule has 1 N–H and O–H groups in total. The lowest BCUT2D eigenvalue weighted by atomic mass is 9.76. The van der Waals surface area contributed by atoms with E-state index in [2.05, 4.69) is 12.2 Å². The van der Waals surface area contributed by atoms with Gasteiger partial charge in [-0.2, -0.15) is 0 Å². The molecular formula is C15H21ClFN. The molecule has 0 atom stereocenters. The summed E-state index contributed by atoms with van der Waals surface area (Å²) in [6, 6.07) is 4.70. The second kappa shape index (κ2) is 6.03. The molecule has 100 valence electrons. The summed E-state index contributed by atoms with van der Waals surface area (Å²) in [7, 11) is 0. The first-order valence-corrected chi connectivity index (χ1v) is 7.11. The molecule has 0 aromatic heterocycles. The van der Waals surface area contributed by atoms with E-state index in [1.807, 2.05) is 6.07 Å². The molecule has 3 heteroatoms. The molecule has 1 aromatic rings. The molecular weight excluding hydrogens is 249 g/mol. The van der Waals surface area contributed by atoms with Crippen LogP contribution in [0.25, 0.3) is 0 Å². The molecule has 18 heavy (non-hydrogen) atoms. The number of benzene rings is 1. The Labute approximate surface area is 114 Å². The predicted molar refractivity (Wildman–Crippen MR) is 74.3 cm³/mol. The highest BCUT2D eigenvalue weighted by molar-refractivity contribution is 6.30. The lowest BCUT2D eigenvalue weighted by molar-refractivity contribution is 0.207.